The van der Waals surface area contributed by atoms with Crippen LogP contribution in [-0.4, -0.2) is 41.1 Å². The molecule has 1 amide bonds. The Kier molecular flexibility index (Phi) is 6.32. The van der Waals surface area contributed by atoms with Crippen molar-refractivity contribution in [3.8, 4) is 5.75 Å². The van der Waals surface area contributed by atoms with Crippen LogP contribution in [0.1, 0.15) is 11.3 Å². The fourth-order valence-corrected chi connectivity index (χ4v) is 1.87. The monoisotopic (exact) mass is 312 g/mol. The van der Waals surface area contributed by atoms with Gasteiger partial charge in [-0.3, -0.25) is 9.78 Å². The molecule has 1 N–H and O–H groups in total. The Labute approximate surface area is 135 Å². The summed E-state index contributed by atoms with van der Waals surface area (Å²) >= 11 is 0. The van der Waals surface area contributed by atoms with E-state index in [2.05, 4.69) is 4.98 Å². The van der Waals surface area contributed by atoms with Crippen molar-refractivity contribution in [3.63, 3.8) is 0 Å². The smallest absolute Gasteiger partial charge is 0.246 e. The highest BCUT2D eigenvalue weighted by molar-refractivity contribution is 5.91. The van der Waals surface area contributed by atoms with Gasteiger partial charge < -0.3 is 14.7 Å². The van der Waals surface area contributed by atoms with E-state index in [1.807, 2.05) is 42.5 Å². The molecule has 23 heavy (non-hydrogen) atoms. The van der Waals surface area contributed by atoms with Crippen LogP contribution in [0.5, 0.6) is 5.75 Å². The molecule has 0 atom stereocenters. The molecule has 1 heterocycles. The number of pyridine rings is 1. The van der Waals surface area contributed by atoms with Gasteiger partial charge in [-0.25, -0.2) is 0 Å². The highest BCUT2D eigenvalue weighted by Gasteiger charge is 2.03. The topological polar surface area (TPSA) is 62.7 Å². The number of benzene rings is 1. The number of amides is 1. The van der Waals surface area contributed by atoms with Crippen LogP contribution in [0.15, 0.2) is 54.7 Å². The van der Waals surface area contributed by atoms with Gasteiger partial charge >= 0.3 is 0 Å². The first-order valence-corrected chi connectivity index (χ1v) is 7.36. The highest BCUT2D eigenvalue weighted by Crippen LogP contribution is 2.14. The lowest BCUT2D eigenvalue weighted by molar-refractivity contribution is -0.125. The molecule has 0 radical (unpaired) electrons. The summed E-state index contributed by atoms with van der Waals surface area (Å²) in [6.07, 6.45) is 4.95. The number of aliphatic hydroxyl groups is 1. The Balaban J connectivity index is 1.88. The van der Waals surface area contributed by atoms with Crippen LogP contribution >= 0.6 is 0 Å². The molecule has 2 aromatic rings. The minimum atomic E-state index is -0.144. The number of ether oxygens (including phenoxy) is 1. The molecule has 0 aliphatic heterocycles. The number of likely N-dealkylation sites (N-methyl/N-ethyl adjacent to an activating group) is 1. The molecule has 0 aliphatic carbocycles. The maximum Gasteiger partial charge on any atom is 0.246 e. The highest BCUT2D eigenvalue weighted by atomic mass is 16.5. The number of rotatable bonds is 7. The third-order valence-electron chi connectivity index (χ3n) is 3.22. The van der Waals surface area contributed by atoms with Crippen LogP contribution in [0.25, 0.3) is 6.08 Å². The van der Waals surface area contributed by atoms with Gasteiger partial charge in [0.2, 0.25) is 5.91 Å². The minimum Gasteiger partial charge on any atom is -0.487 e. The van der Waals surface area contributed by atoms with Crippen LogP contribution in [0.3, 0.4) is 0 Å². The van der Waals surface area contributed by atoms with Gasteiger partial charge in [-0.15, -0.1) is 0 Å². The molecule has 1 aromatic heterocycles. The molecule has 0 bridgehead atoms. The SMILES string of the molecule is CN(CCO)C(=O)/C=C/c1ccc(OCc2ccccn2)cc1. The molecule has 0 unspecified atom stereocenters. The third-order valence-corrected chi connectivity index (χ3v) is 3.22. The van der Waals surface area contributed by atoms with E-state index < -0.39 is 0 Å². The largest absolute Gasteiger partial charge is 0.487 e. The molecule has 1 aromatic carbocycles. The second-order valence-electron chi connectivity index (χ2n) is 5.00. The van der Waals surface area contributed by atoms with Crippen LogP contribution in [-0.2, 0) is 11.4 Å². The normalized spacial score (nSPS) is 10.7. The van der Waals surface area contributed by atoms with Crippen molar-refractivity contribution >= 4 is 12.0 Å². The second-order valence-corrected chi connectivity index (χ2v) is 5.00. The molecule has 0 fully saturated rings. The lowest BCUT2D eigenvalue weighted by Crippen LogP contribution is -2.27. The Morgan fingerprint density at radius 3 is 2.70 bits per heavy atom. The van der Waals surface area contributed by atoms with Gasteiger partial charge in [-0.2, -0.15) is 0 Å². The Hall–Kier alpha value is -2.66. The molecule has 120 valence electrons. The van der Waals surface area contributed by atoms with Crippen molar-refractivity contribution in [2.45, 2.75) is 6.61 Å². The summed E-state index contributed by atoms with van der Waals surface area (Å²) in [6.45, 7) is 0.697. The Morgan fingerprint density at radius 2 is 2.04 bits per heavy atom. The zero-order chi connectivity index (χ0) is 16.5. The molecule has 5 heteroatoms. The number of aromatic nitrogens is 1. The van der Waals surface area contributed by atoms with Crippen molar-refractivity contribution in [2.75, 3.05) is 20.2 Å². The number of nitrogens with zero attached hydrogens (tertiary/aromatic N) is 2. The number of aliphatic hydroxyl groups excluding tert-OH is 1. The molecule has 0 saturated carbocycles. The summed E-state index contributed by atoms with van der Waals surface area (Å²) in [5.41, 5.74) is 1.77. The number of hydrogen-bond donors (Lipinski definition) is 1. The van der Waals surface area contributed by atoms with Gasteiger partial charge in [0, 0.05) is 25.9 Å². The summed E-state index contributed by atoms with van der Waals surface area (Å²) in [5, 5.41) is 8.80. The number of carbonyl (C=O) groups is 1. The van der Waals surface area contributed by atoms with Crippen molar-refractivity contribution in [3.05, 3.63) is 66.0 Å². The van der Waals surface area contributed by atoms with Crippen LogP contribution in [0.2, 0.25) is 0 Å². The van der Waals surface area contributed by atoms with Crippen molar-refractivity contribution in [1.82, 2.24) is 9.88 Å². The lowest BCUT2D eigenvalue weighted by Gasteiger charge is -2.12. The van der Waals surface area contributed by atoms with E-state index in [0.717, 1.165) is 17.0 Å². The van der Waals surface area contributed by atoms with Crippen molar-refractivity contribution in [2.24, 2.45) is 0 Å². The average Bonchev–Trinajstić information content (AvgIpc) is 2.60. The maximum atomic E-state index is 11.7. The average molecular weight is 312 g/mol. The van der Waals surface area contributed by atoms with Gasteiger partial charge in [0.05, 0.1) is 12.3 Å². The van der Waals surface area contributed by atoms with Crippen molar-refractivity contribution in [1.29, 1.82) is 0 Å². The summed E-state index contributed by atoms with van der Waals surface area (Å²) in [5.74, 6) is 0.603. The second kappa shape index (κ2) is 8.70. The van der Waals surface area contributed by atoms with Crippen LogP contribution in [0, 0.1) is 0 Å². The molecular formula is C18H20N2O3. The van der Waals surface area contributed by atoms with Gasteiger partial charge in [-0.05, 0) is 35.9 Å². The van der Waals surface area contributed by atoms with E-state index in [4.69, 9.17) is 9.84 Å². The Morgan fingerprint density at radius 1 is 1.26 bits per heavy atom. The van der Waals surface area contributed by atoms with E-state index in [0.29, 0.717) is 13.2 Å². The van der Waals surface area contributed by atoms with E-state index in [-0.39, 0.29) is 12.5 Å². The zero-order valence-corrected chi connectivity index (χ0v) is 13.1. The van der Waals surface area contributed by atoms with Crippen LogP contribution < -0.4 is 4.74 Å². The van der Waals surface area contributed by atoms with E-state index in [9.17, 15) is 4.79 Å². The fraction of sp³-hybridized carbons (Fsp3) is 0.222. The lowest BCUT2D eigenvalue weighted by atomic mass is 10.2. The standard InChI is InChI=1S/C18H20N2O3/c1-20(12-13-21)18(22)10-7-15-5-8-17(9-6-15)23-14-16-4-2-3-11-19-16/h2-11,21H,12-14H2,1H3/b10-7+. The maximum absolute atomic E-state index is 11.7. The summed E-state index contributed by atoms with van der Waals surface area (Å²) < 4.78 is 5.65. The minimum absolute atomic E-state index is 0.0433. The predicted octanol–water partition coefficient (Wildman–Crippen LogP) is 2.12. The molecule has 2 rings (SSSR count). The van der Waals surface area contributed by atoms with E-state index >= 15 is 0 Å². The van der Waals surface area contributed by atoms with Crippen molar-refractivity contribution < 1.29 is 14.6 Å². The first-order valence-electron chi connectivity index (χ1n) is 7.36. The molecule has 0 saturated heterocycles. The Bertz CT molecular complexity index is 639. The first-order chi connectivity index (χ1) is 11.2. The van der Waals surface area contributed by atoms with Gasteiger partial charge in [0.25, 0.3) is 0 Å². The van der Waals surface area contributed by atoms with Gasteiger partial charge in [0.15, 0.2) is 0 Å². The predicted molar refractivity (Wildman–Crippen MR) is 88.8 cm³/mol. The molecule has 5 nitrogen and oxygen atoms in total. The number of hydrogen-bond acceptors (Lipinski definition) is 4. The summed E-state index contributed by atoms with van der Waals surface area (Å²) in [6, 6.07) is 13.2. The van der Waals surface area contributed by atoms with E-state index in [1.165, 1.54) is 11.0 Å². The fourth-order valence-electron chi connectivity index (χ4n) is 1.87. The molecule has 0 spiro atoms. The van der Waals surface area contributed by atoms with Gasteiger partial charge in [-0.1, -0.05) is 18.2 Å². The molecule has 0 aliphatic rings. The van der Waals surface area contributed by atoms with Crippen LogP contribution in [0.4, 0.5) is 0 Å². The number of carbonyl (C=O) groups excluding carboxylic acids is 1. The third kappa shape index (κ3) is 5.56. The van der Waals surface area contributed by atoms with Gasteiger partial charge in [0.1, 0.15) is 12.4 Å². The summed E-state index contributed by atoms with van der Waals surface area (Å²) in [7, 11) is 1.65. The first kappa shape index (κ1) is 16.7. The van der Waals surface area contributed by atoms with E-state index in [1.54, 1.807) is 19.3 Å². The summed E-state index contributed by atoms with van der Waals surface area (Å²) in [4.78, 5) is 17.4. The zero-order valence-electron chi connectivity index (χ0n) is 13.1. The quantitative estimate of drug-likeness (QED) is 0.796. The molecular weight excluding hydrogens is 292 g/mol.